The Balaban J connectivity index is 2.08. The van der Waals surface area contributed by atoms with E-state index in [0.717, 1.165) is 16.1 Å². The fourth-order valence-corrected chi connectivity index (χ4v) is 3.20. The molecule has 0 atom stereocenters. The number of ether oxygens (including phenoxy) is 1. The second-order valence-electron chi connectivity index (χ2n) is 6.26. The molecule has 1 amide bonds. The summed E-state index contributed by atoms with van der Waals surface area (Å²) in [5, 5.41) is 2.70. The maximum atomic E-state index is 12.1. The predicted molar refractivity (Wildman–Crippen MR) is 103 cm³/mol. The predicted octanol–water partition coefficient (Wildman–Crippen LogP) is 2.56. The number of sulfonamides is 1. The zero-order valence-corrected chi connectivity index (χ0v) is 16.0. The van der Waals surface area contributed by atoms with Gasteiger partial charge in [0.1, 0.15) is 18.9 Å². The van der Waals surface area contributed by atoms with Gasteiger partial charge in [0.15, 0.2) is 0 Å². The molecule has 0 spiro atoms. The van der Waals surface area contributed by atoms with Crippen molar-refractivity contribution in [3.63, 3.8) is 0 Å². The lowest BCUT2D eigenvalue weighted by atomic mass is 10.2. The first-order valence-electron chi connectivity index (χ1n) is 8.29. The van der Waals surface area contributed by atoms with E-state index in [2.05, 4.69) is 5.32 Å². The van der Waals surface area contributed by atoms with Gasteiger partial charge in [0.25, 0.3) is 0 Å². The lowest BCUT2D eigenvalue weighted by Crippen LogP contribution is -2.42. The van der Waals surface area contributed by atoms with Crippen LogP contribution in [-0.2, 0) is 21.4 Å². The first-order valence-corrected chi connectivity index (χ1v) is 10.1. The number of nitrogens with one attached hydrogen (secondary N) is 1. The molecular weight excluding hydrogens is 352 g/mol. The van der Waals surface area contributed by atoms with E-state index in [9.17, 15) is 13.2 Å². The number of carbonyl (C=O) groups is 1. The van der Waals surface area contributed by atoms with Crippen LogP contribution in [0.15, 0.2) is 54.6 Å². The van der Waals surface area contributed by atoms with E-state index in [0.29, 0.717) is 18.0 Å². The molecule has 0 radical (unpaired) electrons. The molecule has 1 N–H and O–H groups in total. The van der Waals surface area contributed by atoms with Crippen LogP contribution in [0.3, 0.4) is 0 Å². The molecule has 0 aliphatic carbocycles. The van der Waals surface area contributed by atoms with Gasteiger partial charge in [0.05, 0.1) is 11.9 Å². The fourth-order valence-electron chi connectivity index (χ4n) is 2.35. The lowest BCUT2D eigenvalue weighted by molar-refractivity contribution is -0.120. The molecule has 0 aliphatic rings. The number of nitrogens with zero attached hydrogens (tertiary/aromatic N) is 1. The zero-order chi connectivity index (χ0) is 19.2. The number of hydrogen-bond acceptors (Lipinski definition) is 4. The molecule has 26 heavy (non-hydrogen) atoms. The third-order valence-corrected chi connectivity index (χ3v) is 4.65. The Morgan fingerprint density at radius 2 is 1.69 bits per heavy atom. The number of anilines is 1. The summed E-state index contributed by atoms with van der Waals surface area (Å²) < 4.78 is 30.9. The second-order valence-corrected chi connectivity index (χ2v) is 8.17. The van der Waals surface area contributed by atoms with Crippen LogP contribution in [-0.4, -0.2) is 33.2 Å². The minimum Gasteiger partial charge on any atom is -0.489 e. The average molecular weight is 376 g/mol. The van der Waals surface area contributed by atoms with Crippen molar-refractivity contribution in [1.29, 1.82) is 0 Å². The van der Waals surface area contributed by atoms with Crippen LogP contribution in [0.4, 0.5) is 5.69 Å². The normalized spacial score (nSPS) is 11.2. The molecule has 2 aromatic rings. The molecule has 0 aliphatic heterocycles. The summed E-state index contributed by atoms with van der Waals surface area (Å²) in [5.41, 5.74) is 1.46. The second kappa shape index (κ2) is 8.71. The Labute approximate surface area is 154 Å². The van der Waals surface area contributed by atoms with Gasteiger partial charge in [0.2, 0.25) is 15.9 Å². The third kappa shape index (κ3) is 6.07. The maximum absolute atomic E-state index is 12.1. The Morgan fingerprint density at radius 3 is 2.23 bits per heavy atom. The van der Waals surface area contributed by atoms with Crippen molar-refractivity contribution >= 4 is 21.6 Å². The van der Waals surface area contributed by atoms with Crippen LogP contribution in [0, 0.1) is 0 Å². The number of carbonyl (C=O) groups excluding carboxylic acids is 1. The van der Waals surface area contributed by atoms with E-state index in [1.807, 2.05) is 44.2 Å². The van der Waals surface area contributed by atoms with Crippen molar-refractivity contribution in [2.24, 2.45) is 0 Å². The quantitative estimate of drug-likeness (QED) is 0.768. The maximum Gasteiger partial charge on any atom is 0.240 e. The van der Waals surface area contributed by atoms with Gasteiger partial charge in [-0.15, -0.1) is 0 Å². The standard InChI is InChI=1S/C19H24N2O4S/c1-15(2)20-19(22)13-21(26(3,23)24)17-9-11-18(12-10-17)25-14-16-7-5-4-6-8-16/h4-12,15H,13-14H2,1-3H3,(H,20,22). The number of amides is 1. The highest BCUT2D eigenvalue weighted by Gasteiger charge is 2.21. The molecule has 0 unspecified atom stereocenters. The monoisotopic (exact) mass is 376 g/mol. The average Bonchev–Trinajstić information content (AvgIpc) is 2.58. The lowest BCUT2D eigenvalue weighted by Gasteiger charge is -2.22. The van der Waals surface area contributed by atoms with E-state index in [-0.39, 0.29) is 18.5 Å². The van der Waals surface area contributed by atoms with Crippen molar-refractivity contribution in [2.75, 3.05) is 17.1 Å². The first kappa shape index (κ1) is 19.8. The summed E-state index contributed by atoms with van der Waals surface area (Å²) in [4.78, 5) is 12.0. The zero-order valence-electron chi connectivity index (χ0n) is 15.2. The van der Waals surface area contributed by atoms with E-state index in [1.54, 1.807) is 24.3 Å². The smallest absolute Gasteiger partial charge is 0.240 e. The van der Waals surface area contributed by atoms with Gasteiger partial charge in [-0.3, -0.25) is 9.10 Å². The molecule has 0 saturated heterocycles. The van der Waals surface area contributed by atoms with Crippen LogP contribution in [0.25, 0.3) is 0 Å². The van der Waals surface area contributed by atoms with Gasteiger partial charge in [-0.25, -0.2) is 8.42 Å². The van der Waals surface area contributed by atoms with Gasteiger partial charge in [-0.1, -0.05) is 30.3 Å². The topological polar surface area (TPSA) is 75.7 Å². The number of rotatable bonds is 8. The Morgan fingerprint density at radius 1 is 1.08 bits per heavy atom. The first-order chi connectivity index (χ1) is 12.3. The SMILES string of the molecule is CC(C)NC(=O)CN(c1ccc(OCc2ccccc2)cc1)S(C)(=O)=O. The molecule has 0 heterocycles. The third-order valence-electron chi connectivity index (χ3n) is 3.51. The van der Waals surface area contributed by atoms with Crippen LogP contribution >= 0.6 is 0 Å². The number of benzene rings is 2. The van der Waals surface area contributed by atoms with Crippen LogP contribution in [0.2, 0.25) is 0 Å². The Hall–Kier alpha value is -2.54. The molecule has 140 valence electrons. The van der Waals surface area contributed by atoms with E-state index < -0.39 is 10.0 Å². The van der Waals surface area contributed by atoms with Gasteiger partial charge in [-0.05, 0) is 43.7 Å². The van der Waals surface area contributed by atoms with E-state index >= 15 is 0 Å². The van der Waals surface area contributed by atoms with Crippen molar-refractivity contribution in [1.82, 2.24) is 5.32 Å². The summed E-state index contributed by atoms with van der Waals surface area (Å²) in [6, 6.07) is 16.3. The molecule has 0 saturated carbocycles. The van der Waals surface area contributed by atoms with Gasteiger partial charge in [-0.2, -0.15) is 0 Å². The van der Waals surface area contributed by atoms with Gasteiger partial charge < -0.3 is 10.1 Å². The van der Waals surface area contributed by atoms with Crippen LogP contribution in [0.1, 0.15) is 19.4 Å². The fraction of sp³-hybridized carbons (Fsp3) is 0.316. The van der Waals surface area contributed by atoms with Crippen molar-refractivity contribution < 1.29 is 17.9 Å². The molecule has 6 nitrogen and oxygen atoms in total. The van der Waals surface area contributed by atoms with E-state index in [4.69, 9.17) is 4.74 Å². The van der Waals surface area contributed by atoms with Crippen LogP contribution in [0.5, 0.6) is 5.75 Å². The molecule has 0 aromatic heterocycles. The molecule has 2 aromatic carbocycles. The van der Waals surface area contributed by atoms with Crippen LogP contribution < -0.4 is 14.4 Å². The van der Waals surface area contributed by atoms with Gasteiger partial charge in [0, 0.05) is 6.04 Å². The highest BCUT2D eigenvalue weighted by Crippen LogP contribution is 2.22. The summed E-state index contributed by atoms with van der Waals surface area (Å²) in [7, 11) is -3.59. The highest BCUT2D eigenvalue weighted by atomic mass is 32.2. The van der Waals surface area contributed by atoms with Crippen molar-refractivity contribution in [2.45, 2.75) is 26.5 Å². The minimum atomic E-state index is -3.59. The summed E-state index contributed by atoms with van der Waals surface area (Å²) in [6.45, 7) is 3.80. The molecule has 7 heteroatoms. The van der Waals surface area contributed by atoms with Gasteiger partial charge >= 0.3 is 0 Å². The molecular formula is C19H24N2O4S. The summed E-state index contributed by atoms with van der Waals surface area (Å²) >= 11 is 0. The van der Waals surface area contributed by atoms with Crippen molar-refractivity contribution in [3.05, 3.63) is 60.2 Å². The largest absolute Gasteiger partial charge is 0.489 e. The Bertz CT molecular complexity index is 818. The highest BCUT2D eigenvalue weighted by molar-refractivity contribution is 7.92. The Kier molecular flexibility index (Phi) is 6.63. The van der Waals surface area contributed by atoms with E-state index in [1.165, 1.54) is 0 Å². The number of hydrogen-bond donors (Lipinski definition) is 1. The molecule has 0 fully saturated rings. The van der Waals surface area contributed by atoms with Crippen molar-refractivity contribution in [3.8, 4) is 5.75 Å². The summed E-state index contributed by atoms with van der Waals surface area (Å²) in [5.74, 6) is 0.271. The minimum absolute atomic E-state index is 0.0577. The molecule has 0 bridgehead atoms. The molecule has 2 rings (SSSR count). The summed E-state index contributed by atoms with van der Waals surface area (Å²) in [6.07, 6.45) is 1.08.